The van der Waals surface area contributed by atoms with E-state index in [0.717, 1.165) is 5.69 Å². The lowest BCUT2D eigenvalue weighted by Gasteiger charge is -2.00. The first kappa shape index (κ1) is 9.85. The highest BCUT2D eigenvalue weighted by Gasteiger charge is 2.25. The van der Waals surface area contributed by atoms with Crippen LogP contribution in [0.4, 0.5) is 4.39 Å². The molecule has 1 aliphatic carbocycles. The minimum Gasteiger partial charge on any atom is -0.342 e. The zero-order chi connectivity index (χ0) is 11.1. The van der Waals surface area contributed by atoms with E-state index < -0.39 is 5.82 Å². The first-order chi connectivity index (χ1) is 7.75. The first-order valence-electron chi connectivity index (χ1n) is 5.25. The van der Waals surface area contributed by atoms with Gasteiger partial charge in [-0.05, 0) is 25.0 Å². The van der Waals surface area contributed by atoms with Gasteiger partial charge in [0.1, 0.15) is 5.82 Å². The van der Waals surface area contributed by atoms with Crippen molar-refractivity contribution in [2.45, 2.75) is 18.8 Å². The van der Waals surface area contributed by atoms with Crippen molar-refractivity contribution < 1.29 is 4.39 Å². The lowest BCUT2D eigenvalue weighted by molar-refractivity contribution is 0.630. The predicted octanol–water partition coefficient (Wildman–Crippen LogP) is 3.75. The summed E-state index contributed by atoms with van der Waals surface area (Å²) in [5.41, 5.74) is 1.52. The van der Waals surface area contributed by atoms with Crippen LogP contribution in [0.3, 0.4) is 0 Å². The van der Waals surface area contributed by atoms with Gasteiger partial charge in [0.25, 0.3) is 0 Å². The number of H-pyrrole nitrogens is 1. The molecule has 3 rings (SSSR count). The molecule has 0 saturated heterocycles. The van der Waals surface area contributed by atoms with Gasteiger partial charge < -0.3 is 4.98 Å². The Morgan fingerprint density at radius 3 is 2.94 bits per heavy atom. The number of imidazole rings is 1. The second-order valence-electron chi connectivity index (χ2n) is 4.06. The first-order valence-corrected chi connectivity index (χ1v) is 5.63. The Balaban J connectivity index is 2.03. The summed E-state index contributed by atoms with van der Waals surface area (Å²) in [6.45, 7) is 0. The molecule has 0 unspecified atom stereocenters. The van der Waals surface area contributed by atoms with Crippen LogP contribution in [0.5, 0.6) is 0 Å². The van der Waals surface area contributed by atoms with Gasteiger partial charge in [0.05, 0.1) is 10.6 Å². The van der Waals surface area contributed by atoms with Gasteiger partial charge in [-0.1, -0.05) is 17.7 Å². The summed E-state index contributed by atoms with van der Waals surface area (Å²) >= 11 is 5.73. The average molecular weight is 237 g/mol. The van der Waals surface area contributed by atoms with Crippen LogP contribution in [0.2, 0.25) is 5.02 Å². The predicted molar refractivity (Wildman–Crippen MR) is 61.0 cm³/mol. The van der Waals surface area contributed by atoms with Gasteiger partial charge in [0, 0.05) is 17.8 Å². The summed E-state index contributed by atoms with van der Waals surface area (Å²) in [6.07, 6.45) is 4.17. The van der Waals surface area contributed by atoms with Gasteiger partial charge in [-0.2, -0.15) is 0 Å². The number of benzene rings is 1. The van der Waals surface area contributed by atoms with E-state index in [4.69, 9.17) is 11.6 Å². The monoisotopic (exact) mass is 236 g/mol. The molecule has 0 atom stereocenters. The Morgan fingerprint density at radius 1 is 1.38 bits per heavy atom. The minimum atomic E-state index is -0.416. The zero-order valence-electron chi connectivity index (χ0n) is 8.50. The minimum absolute atomic E-state index is 0.127. The topological polar surface area (TPSA) is 28.7 Å². The van der Waals surface area contributed by atoms with Gasteiger partial charge in [-0.3, -0.25) is 0 Å². The standard InChI is InChI=1S/C12H10ClFN2/c13-9-3-1-2-8(11(9)14)12-15-6-10(16-12)7-4-5-7/h1-3,6-7H,4-5H2,(H,15,16). The largest absolute Gasteiger partial charge is 0.342 e. The molecule has 16 heavy (non-hydrogen) atoms. The number of aromatic nitrogens is 2. The van der Waals surface area contributed by atoms with Crippen LogP contribution in [0.15, 0.2) is 24.4 Å². The number of rotatable bonds is 2. The SMILES string of the molecule is Fc1c(Cl)cccc1-c1ncc(C2CC2)[nH]1. The van der Waals surface area contributed by atoms with Crippen molar-refractivity contribution in [1.82, 2.24) is 9.97 Å². The van der Waals surface area contributed by atoms with E-state index in [1.165, 1.54) is 18.9 Å². The van der Waals surface area contributed by atoms with Gasteiger partial charge >= 0.3 is 0 Å². The summed E-state index contributed by atoms with van der Waals surface area (Å²) in [7, 11) is 0. The fourth-order valence-corrected chi connectivity index (χ4v) is 1.94. The number of nitrogens with one attached hydrogen (secondary N) is 1. The normalized spacial score (nSPS) is 15.4. The fourth-order valence-electron chi connectivity index (χ4n) is 1.76. The molecular weight excluding hydrogens is 227 g/mol. The highest BCUT2D eigenvalue weighted by Crippen LogP contribution is 2.39. The summed E-state index contributed by atoms with van der Waals surface area (Å²) in [5.74, 6) is 0.728. The van der Waals surface area contributed by atoms with Gasteiger partial charge in [-0.25, -0.2) is 9.37 Å². The Labute approximate surface area is 97.5 Å². The number of hydrogen-bond acceptors (Lipinski definition) is 1. The van der Waals surface area contributed by atoms with Crippen molar-refractivity contribution in [1.29, 1.82) is 0 Å². The van der Waals surface area contributed by atoms with E-state index in [1.54, 1.807) is 18.3 Å². The van der Waals surface area contributed by atoms with Crippen molar-refractivity contribution in [3.05, 3.63) is 40.9 Å². The second-order valence-corrected chi connectivity index (χ2v) is 4.47. The van der Waals surface area contributed by atoms with E-state index in [9.17, 15) is 4.39 Å². The molecule has 0 aliphatic heterocycles. The average Bonchev–Trinajstić information content (AvgIpc) is 3.02. The zero-order valence-corrected chi connectivity index (χ0v) is 9.26. The van der Waals surface area contributed by atoms with Crippen molar-refractivity contribution in [2.75, 3.05) is 0 Å². The third-order valence-corrected chi connectivity index (χ3v) is 3.11. The highest BCUT2D eigenvalue weighted by atomic mass is 35.5. The van der Waals surface area contributed by atoms with Crippen LogP contribution in [-0.2, 0) is 0 Å². The molecule has 2 nitrogen and oxygen atoms in total. The molecule has 82 valence electrons. The van der Waals surface area contributed by atoms with Crippen molar-refractivity contribution in [3.63, 3.8) is 0 Å². The molecule has 4 heteroatoms. The van der Waals surface area contributed by atoms with Crippen LogP contribution in [-0.4, -0.2) is 9.97 Å². The molecule has 2 aromatic rings. The van der Waals surface area contributed by atoms with Crippen LogP contribution in [0, 0.1) is 5.82 Å². The Kier molecular flexibility index (Phi) is 2.21. The van der Waals surface area contributed by atoms with Gasteiger partial charge in [0.15, 0.2) is 5.82 Å². The molecule has 1 aromatic carbocycles. The molecule has 0 radical (unpaired) electrons. The molecule has 1 saturated carbocycles. The lowest BCUT2D eigenvalue weighted by atomic mass is 10.2. The van der Waals surface area contributed by atoms with Crippen LogP contribution in [0.25, 0.3) is 11.4 Å². The summed E-state index contributed by atoms with van der Waals surface area (Å²) in [4.78, 5) is 7.35. The maximum Gasteiger partial charge on any atom is 0.152 e. The summed E-state index contributed by atoms with van der Waals surface area (Å²) in [5, 5.41) is 0.127. The molecule has 1 N–H and O–H groups in total. The lowest BCUT2D eigenvalue weighted by Crippen LogP contribution is -1.87. The third-order valence-electron chi connectivity index (χ3n) is 2.82. The molecule has 1 aliphatic rings. The third kappa shape index (κ3) is 1.61. The van der Waals surface area contributed by atoms with Crippen molar-refractivity contribution >= 4 is 11.6 Å². The fraction of sp³-hybridized carbons (Fsp3) is 0.250. The smallest absolute Gasteiger partial charge is 0.152 e. The van der Waals surface area contributed by atoms with E-state index >= 15 is 0 Å². The van der Waals surface area contributed by atoms with Crippen LogP contribution in [0.1, 0.15) is 24.5 Å². The van der Waals surface area contributed by atoms with Crippen molar-refractivity contribution in [2.24, 2.45) is 0 Å². The van der Waals surface area contributed by atoms with Crippen LogP contribution >= 0.6 is 11.6 Å². The van der Waals surface area contributed by atoms with Gasteiger partial charge in [0.2, 0.25) is 0 Å². The van der Waals surface area contributed by atoms with Gasteiger partial charge in [-0.15, -0.1) is 0 Å². The number of halogens is 2. The molecule has 1 aromatic heterocycles. The quantitative estimate of drug-likeness (QED) is 0.845. The Hall–Kier alpha value is -1.35. The van der Waals surface area contributed by atoms with Crippen molar-refractivity contribution in [3.8, 4) is 11.4 Å². The number of aromatic amines is 1. The maximum absolute atomic E-state index is 13.7. The van der Waals surface area contributed by atoms with Crippen LogP contribution < -0.4 is 0 Å². The molecule has 0 amide bonds. The molecule has 1 fully saturated rings. The Morgan fingerprint density at radius 2 is 2.19 bits per heavy atom. The summed E-state index contributed by atoms with van der Waals surface area (Å²) in [6, 6.07) is 4.93. The highest BCUT2D eigenvalue weighted by molar-refractivity contribution is 6.31. The summed E-state index contributed by atoms with van der Waals surface area (Å²) < 4.78 is 13.7. The number of nitrogens with zero attached hydrogens (tertiary/aromatic N) is 1. The molecular formula is C12H10ClFN2. The van der Waals surface area contributed by atoms with E-state index in [0.29, 0.717) is 17.3 Å². The second kappa shape index (κ2) is 3.59. The van der Waals surface area contributed by atoms with E-state index in [1.807, 2.05) is 0 Å². The molecule has 1 heterocycles. The van der Waals surface area contributed by atoms with E-state index in [2.05, 4.69) is 9.97 Å². The molecule has 0 bridgehead atoms. The molecule has 0 spiro atoms. The van der Waals surface area contributed by atoms with E-state index in [-0.39, 0.29) is 5.02 Å². The Bertz CT molecular complexity index is 532. The maximum atomic E-state index is 13.7. The number of hydrogen-bond donors (Lipinski definition) is 1.